The average molecular weight is 301 g/mol. The van der Waals surface area contributed by atoms with Gasteiger partial charge in [-0.1, -0.05) is 5.16 Å². The Hall–Kier alpha value is -2.03. The zero-order valence-corrected chi connectivity index (χ0v) is 9.83. The highest BCUT2D eigenvalue weighted by Gasteiger charge is 2.11. The summed E-state index contributed by atoms with van der Waals surface area (Å²) >= 11 is 3.09. The van der Waals surface area contributed by atoms with E-state index in [4.69, 9.17) is 10.9 Å². The van der Waals surface area contributed by atoms with E-state index in [1.807, 2.05) is 0 Å². The van der Waals surface area contributed by atoms with E-state index in [-0.39, 0.29) is 17.5 Å². The highest BCUT2D eigenvalue weighted by molar-refractivity contribution is 9.10. The molecule has 17 heavy (non-hydrogen) atoms. The summed E-state index contributed by atoms with van der Waals surface area (Å²) in [7, 11) is 0. The second-order valence-corrected chi connectivity index (χ2v) is 3.87. The van der Waals surface area contributed by atoms with Crippen molar-refractivity contribution in [1.82, 2.24) is 19.7 Å². The fourth-order valence-corrected chi connectivity index (χ4v) is 1.41. The van der Waals surface area contributed by atoms with Gasteiger partial charge in [0.05, 0.1) is 0 Å². The predicted molar refractivity (Wildman–Crippen MR) is 59.3 cm³/mol. The van der Waals surface area contributed by atoms with Crippen molar-refractivity contribution in [3.05, 3.63) is 34.7 Å². The van der Waals surface area contributed by atoms with Gasteiger partial charge in [0, 0.05) is 10.7 Å². The van der Waals surface area contributed by atoms with Gasteiger partial charge in [0.1, 0.15) is 6.33 Å². The van der Waals surface area contributed by atoms with Gasteiger partial charge >= 0.3 is 0 Å². The van der Waals surface area contributed by atoms with Gasteiger partial charge in [-0.25, -0.2) is 14.4 Å². The topological polar surface area (TPSA) is 102 Å². The Kier molecular flexibility index (Phi) is 3.00. The number of hydrogen-bond donors (Lipinski definition) is 2. The van der Waals surface area contributed by atoms with E-state index in [1.165, 1.54) is 18.6 Å². The Morgan fingerprint density at radius 1 is 1.53 bits per heavy atom. The fourth-order valence-electron chi connectivity index (χ4n) is 1.10. The highest BCUT2D eigenvalue weighted by atomic mass is 79.9. The summed E-state index contributed by atoms with van der Waals surface area (Å²) < 4.78 is 15.1. The first-order chi connectivity index (χ1) is 8.11. The average Bonchev–Trinajstić information content (AvgIpc) is 2.77. The molecule has 0 fully saturated rings. The fraction of sp³-hybridized carbons (Fsp3) is 0. The van der Waals surface area contributed by atoms with E-state index in [1.54, 1.807) is 0 Å². The molecule has 2 aromatic rings. The van der Waals surface area contributed by atoms with Crippen LogP contribution in [0.2, 0.25) is 0 Å². The van der Waals surface area contributed by atoms with Crippen LogP contribution in [0.1, 0.15) is 5.82 Å². The summed E-state index contributed by atoms with van der Waals surface area (Å²) in [5, 5.41) is 15.0. The van der Waals surface area contributed by atoms with Crippen molar-refractivity contribution in [2.75, 3.05) is 0 Å². The summed E-state index contributed by atoms with van der Waals surface area (Å²) in [6.45, 7) is 0. The summed E-state index contributed by atoms with van der Waals surface area (Å²) in [6.07, 6.45) is 2.63. The Morgan fingerprint density at radius 3 is 2.94 bits per heavy atom. The standard InChI is InChI=1S/C8H6BrFN6O/c9-4-1-5(10)8(12-2-4)16-3-13-7(14-16)6(11)15-17/h1-3,17H,(H2,11,15). The lowest BCUT2D eigenvalue weighted by Crippen LogP contribution is -2.15. The third-order valence-electron chi connectivity index (χ3n) is 1.83. The van der Waals surface area contributed by atoms with E-state index in [0.717, 1.165) is 4.68 Å². The van der Waals surface area contributed by atoms with Gasteiger partial charge in [-0.3, -0.25) is 0 Å². The lowest BCUT2D eigenvalue weighted by molar-refractivity contribution is 0.318. The van der Waals surface area contributed by atoms with Crippen LogP contribution in [-0.2, 0) is 0 Å². The van der Waals surface area contributed by atoms with Crippen molar-refractivity contribution in [2.45, 2.75) is 0 Å². The molecule has 0 bridgehead atoms. The van der Waals surface area contributed by atoms with Crippen LogP contribution in [0.5, 0.6) is 0 Å². The van der Waals surface area contributed by atoms with E-state index >= 15 is 0 Å². The minimum atomic E-state index is -0.574. The van der Waals surface area contributed by atoms with Gasteiger partial charge in [0.15, 0.2) is 11.6 Å². The van der Waals surface area contributed by atoms with Crippen molar-refractivity contribution in [3.63, 3.8) is 0 Å². The minimum absolute atomic E-state index is 0.0170. The third kappa shape index (κ3) is 2.23. The quantitative estimate of drug-likeness (QED) is 0.367. The van der Waals surface area contributed by atoms with Crippen LogP contribution in [0.25, 0.3) is 5.82 Å². The molecular weight excluding hydrogens is 295 g/mol. The number of amidine groups is 1. The molecule has 0 saturated heterocycles. The Balaban J connectivity index is 2.44. The summed E-state index contributed by atoms with van der Waals surface area (Å²) in [6, 6.07) is 1.24. The molecule has 0 atom stereocenters. The highest BCUT2D eigenvalue weighted by Crippen LogP contribution is 2.14. The van der Waals surface area contributed by atoms with E-state index < -0.39 is 5.82 Å². The van der Waals surface area contributed by atoms with Crippen molar-refractivity contribution in [3.8, 4) is 5.82 Å². The Labute approximate surface area is 103 Å². The molecular formula is C8H6BrFN6O. The van der Waals surface area contributed by atoms with Crippen molar-refractivity contribution in [2.24, 2.45) is 10.9 Å². The second-order valence-electron chi connectivity index (χ2n) is 2.96. The number of oxime groups is 1. The number of nitrogens with two attached hydrogens (primary N) is 1. The molecule has 88 valence electrons. The lowest BCUT2D eigenvalue weighted by atomic mass is 10.4. The molecule has 2 rings (SSSR count). The zero-order valence-electron chi connectivity index (χ0n) is 8.25. The van der Waals surface area contributed by atoms with E-state index in [2.05, 4.69) is 36.2 Å². The maximum Gasteiger partial charge on any atom is 0.220 e. The number of nitrogens with zero attached hydrogens (tertiary/aromatic N) is 5. The molecule has 0 radical (unpaired) electrons. The minimum Gasteiger partial charge on any atom is -0.409 e. The van der Waals surface area contributed by atoms with Crippen molar-refractivity contribution >= 4 is 21.8 Å². The van der Waals surface area contributed by atoms with Gasteiger partial charge in [-0.15, -0.1) is 5.10 Å². The van der Waals surface area contributed by atoms with Gasteiger partial charge in [-0.2, -0.15) is 4.68 Å². The SMILES string of the molecule is NC(=NO)c1ncn(-c2ncc(Br)cc2F)n1. The van der Waals surface area contributed by atoms with Crippen LogP contribution in [0.15, 0.2) is 28.2 Å². The molecule has 0 aliphatic carbocycles. The molecule has 2 aromatic heterocycles. The lowest BCUT2D eigenvalue weighted by Gasteiger charge is -2.00. The maximum atomic E-state index is 13.5. The van der Waals surface area contributed by atoms with Gasteiger partial charge in [-0.05, 0) is 22.0 Å². The first kappa shape index (κ1) is 11.5. The summed E-state index contributed by atoms with van der Waals surface area (Å²) in [4.78, 5) is 7.59. The molecule has 7 nitrogen and oxygen atoms in total. The van der Waals surface area contributed by atoms with Gasteiger partial charge in [0.2, 0.25) is 11.7 Å². The number of halogens is 2. The van der Waals surface area contributed by atoms with Crippen molar-refractivity contribution < 1.29 is 9.60 Å². The summed E-state index contributed by atoms with van der Waals surface area (Å²) in [5.41, 5.74) is 5.29. The molecule has 0 aromatic carbocycles. The smallest absolute Gasteiger partial charge is 0.220 e. The van der Waals surface area contributed by atoms with Crippen LogP contribution in [0.3, 0.4) is 0 Å². The van der Waals surface area contributed by atoms with Gasteiger partial charge in [0.25, 0.3) is 0 Å². The largest absolute Gasteiger partial charge is 0.409 e. The monoisotopic (exact) mass is 300 g/mol. The molecule has 0 saturated carbocycles. The van der Waals surface area contributed by atoms with Crippen LogP contribution in [0.4, 0.5) is 4.39 Å². The van der Waals surface area contributed by atoms with Crippen LogP contribution in [0, 0.1) is 5.82 Å². The Bertz CT molecular complexity index is 583. The van der Waals surface area contributed by atoms with E-state index in [9.17, 15) is 4.39 Å². The number of rotatable bonds is 2. The summed E-state index contributed by atoms with van der Waals surface area (Å²) in [5.74, 6) is -0.883. The van der Waals surface area contributed by atoms with Crippen molar-refractivity contribution in [1.29, 1.82) is 0 Å². The van der Waals surface area contributed by atoms with E-state index in [0.29, 0.717) is 4.47 Å². The normalized spacial score (nSPS) is 11.8. The maximum absolute atomic E-state index is 13.5. The van der Waals surface area contributed by atoms with Crippen LogP contribution in [-0.4, -0.2) is 30.8 Å². The second kappa shape index (κ2) is 4.45. The predicted octanol–water partition coefficient (Wildman–Crippen LogP) is 0.658. The Morgan fingerprint density at radius 2 is 2.29 bits per heavy atom. The van der Waals surface area contributed by atoms with Crippen LogP contribution < -0.4 is 5.73 Å². The molecule has 0 aliphatic rings. The molecule has 0 aliphatic heterocycles. The molecule has 0 unspecified atom stereocenters. The molecule has 2 heterocycles. The first-order valence-corrected chi connectivity index (χ1v) is 5.12. The first-order valence-electron chi connectivity index (χ1n) is 4.33. The molecule has 0 spiro atoms. The molecule has 0 amide bonds. The third-order valence-corrected chi connectivity index (χ3v) is 2.27. The van der Waals surface area contributed by atoms with Gasteiger partial charge < -0.3 is 10.9 Å². The number of aromatic nitrogens is 4. The zero-order chi connectivity index (χ0) is 12.4. The number of hydrogen-bond acceptors (Lipinski definition) is 5. The molecule has 9 heteroatoms. The van der Waals surface area contributed by atoms with Crippen LogP contribution >= 0.6 is 15.9 Å². The number of pyridine rings is 1. The molecule has 3 N–H and O–H groups in total.